The van der Waals surface area contributed by atoms with Gasteiger partial charge in [0.15, 0.2) is 5.96 Å². The topological polar surface area (TPSA) is 58.5 Å². The Kier molecular flexibility index (Phi) is 9.92. The first-order valence-electron chi connectivity index (χ1n) is 7.55. The lowest BCUT2D eigenvalue weighted by Crippen LogP contribution is -2.40. The molecule has 0 saturated carbocycles. The predicted octanol–water partition coefficient (Wildman–Crippen LogP) is 4.31. The van der Waals surface area contributed by atoms with E-state index in [9.17, 15) is 0 Å². The first-order valence-corrected chi connectivity index (χ1v) is 8.30. The zero-order valence-corrected chi connectivity index (χ0v) is 17.8. The molecule has 25 heavy (non-hydrogen) atoms. The van der Waals surface area contributed by atoms with E-state index in [4.69, 9.17) is 27.9 Å². The Hall–Kier alpha value is -1.25. The van der Waals surface area contributed by atoms with E-state index in [2.05, 4.69) is 20.6 Å². The SMILES string of the molecule is CN=C(NCCOc1cccnc1)NC(C)c1ccc(Cl)c(Cl)c1.I. The second-order valence-electron chi connectivity index (χ2n) is 5.08. The van der Waals surface area contributed by atoms with E-state index in [1.54, 1.807) is 25.5 Å². The summed E-state index contributed by atoms with van der Waals surface area (Å²) in [5.41, 5.74) is 1.03. The number of halogens is 3. The van der Waals surface area contributed by atoms with Crippen molar-refractivity contribution in [3.05, 3.63) is 58.3 Å². The third-order valence-corrected chi connectivity index (χ3v) is 4.06. The Morgan fingerprint density at radius 1 is 1.28 bits per heavy atom. The smallest absolute Gasteiger partial charge is 0.191 e. The fourth-order valence-corrected chi connectivity index (χ4v) is 2.34. The zero-order valence-electron chi connectivity index (χ0n) is 14.0. The maximum atomic E-state index is 6.06. The molecule has 2 rings (SSSR count). The molecule has 1 atom stereocenters. The molecule has 0 amide bonds. The molecule has 0 aliphatic heterocycles. The number of hydrogen-bond acceptors (Lipinski definition) is 3. The monoisotopic (exact) mass is 494 g/mol. The molecule has 0 aliphatic rings. The predicted molar refractivity (Wildman–Crippen MR) is 115 cm³/mol. The Morgan fingerprint density at radius 2 is 2.08 bits per heavy atom. The highest BCUT2D eigenvalue weighted by Crippen LogP contribution is 2.25. The Labute approximate surface area is 175 Å². The third kappa shape index (κ3) is 7.25. The number of pyridine rings is 1. The number of hydrogen-bond donors (Lipinski definition) is 2. The van der Waals surface area contributed by atoms with Crippen LogP contribution in [0.4, 0.5) is 0 Å². The van der Waals surface area contributed by atoms with Gasteiger partial charge in [-0.15, -0.1) is 24.0 Å². The van der Waals surface area contributed by atoms with Crippen molar-refractivity contribution in [3.8, 4) is 5.75 Å². The summed E-state index contributed by atoms with van der Waals surface area (Å²) in [4.78, 5) is 8.20. The van der Waals surface area contributed by atoms with Crippen LogP contribution in [0.3, 0.4) is 0 Å². The van der Waals surface area contributed by atoms with Gasteiger partial charge in [0.25, 0.3) is 0 Å². The van der Waals surface area contributed by atoms with E-state index >= 15 is 0 Å². The van der Waals surface area contributed by atoms with Crippen LogP contribution in [0.5, 0.6) is 5.75 Å². The molecule has 0 saturated heterocycles. The largest absolute Gasteiger partial charge is 0.490 e. The normalized spacial score (nSPS) is 12.1. The van der Waals surface area contributed by atoms with E-state index in [1.165, 1.54) is 0 Å². The van der Waals surface area contributed by atoms with Crippen molar-refractivity contribution in [2.24, 2.45) is 4.99 Å². The summed E-state index contributed by atoms with van der Waals surface area (Å²) in [6, 6.07) is 9.31. The summed E-state index contributed by atoms with van der Waals surface area (Å²) in [5.74, 6) is 1.43. The van der Waals surface area contributed by atoms with Gasteiger partial charge in [0.2, 0.25) is 0 Å². The summed E-state index contributed by atoms with van der Waals surface area (Å²) in [5, 5.41) is 7.58. The Bertz CT molecular complexity index is 686. The van der Waals surface area contributed by atoms with Gasteiger partial charge < -0.3 is 15.4 Å². The molecule has 5 nitrogen and oxygen atoms in total. The summed E-state index contributed by atoms with van der Waals surface area (Å²) in [7, 11) is 1.72. The van der Waals surface area contributed by atoms with Crippen molar-refractivity contribution >= 4 is 53.1 Å². The van der Waals surface area contributed by atoms with E-state index in [0.717, 1.165) is 11.3 Å². The quantitative estimate of drug-likeness (QED) is 0.272. The van der Waals surface area contributed by atoms with E-state index in [-0.39, 0.29) is 30.0 Å². The fourth-order valence-electron chi connectivity index (χ4n) is 2.04. The van der Waals surface area contributed by atoms with Gasteiger partial charge in [-0.3, -0.25) is 9.98 Å². The lowest BCUT2D eigenvalue weighted by Gasteiger charge is -2.18. The van der Waals surface area contributed by atoms with Crippen LogP contribution in [0.25, 0.3) is 0 Å². The van der Waals surface area contributed by atoms with Gasteiger partial charge in [-0.1, -0.05) is 29.3 Å². The van der Waals surface area contributed by atoms with Crippen LogP contribution in [0.15, 0.2) is 47.7 Å². The Balaban J connectivity index is 0.00000312. The summed E-state index contributed by atoms with van der Waals surface area (Å²) < 4.78 is 5.58. The molecular weight excluding hydrogens is 474 g/mol. The summed E-state index contributed by atoms with van der Waals surface area (Å²) in [6.07, 6.45) is 3.39. The van der Waals surface area contributed by atoms with Crippen LogP contribution in [0.1, 0.15) is 18.5 Å². The average molecular weight is 495 g/mol. The van der Waals surface area contributed by atoms with Gasteiger partial charge in [-0.25, -0.2) is 0 Å². The molecule has 0 aliphatic carbocycles. The zero-order chi connectivity index (χ0) is 17.4. The number of rotatable bonds is 6. The standard InChI is InChI=1S/C17H20Cl2N4O.HI/c1-12(13-5-6-15(18)16(19)10-13)23-17(20-2)22-8-9-24-14-4-3-7-21-11-14;/h3-7,10-12H,8-9H2,1-2H3,(H2,20,22,23);1H. The van der Waals surface area contributed by atoms with Gasteiger partial charge in [0, 0.05) is 13.2 Å². The molecule has 1 aromatic heterocycles. The lowest BCUT2D eigenvalue weighted by atomic mass is 10.1. The molecule has 1 aromatic carbocycles. The maximum absolute atomic E-state index is 6.06. The van der Waals surface area contributed by atoms with Crippen molar-refractivity contribution in [2.75, 3.05) is 20.2 Å². The summed E-state index contributed by atoms with van der Waals surface area (Å²) in [6.45, 7) is 3.15. The minimum Gasteiger partial charge on any atom is -0.490 e. The van der Waals surface area contributed by atoms with Crippen molar-refractivity contribution < 1.29 is 4.74 Å². The molecule has 1 unspecified atom stereocenters. The number of nitrogens with zero attached hydrogens (tertiary/aromatic N) is 2. The van der Waals surface area contributed by atoms with Crippen molar-refractivity contribution in [1.82, 2.24) is 15.6 Å². The van der Waals surface area contributed by atoms with Gasteiger partial charge >= 0.3 is 0 Å². The molecule has 0 fully saturated rings. The lowest BCUT2D eigenvalue weighted by molar-refractivity contribution is 0.320. The fraction of sp³-hybridized carbons (Fsp3) is 0.294. The van der Waals surface area contributed by atoms with Gasteiger partial charge in [-0.05, 0) is 36.8 Å². The number of nitrogens with one attached hydrogen (secondary N) is 2. The minimum atomic E-state index is 0. The second-order valence-corrected chi connectivity index (χ2v) is 5.89. The average Bonchev–Trinajstić information content (AvgIpc) is 2.60. The first-order chi connectivity index (χ1) is 11.6. The molecule has 2 N–H and O–H groups in total. The van der Waals surface area contributed by atoms with Crippen LogP contribution in [-0.2, 0) is 0 Å². The highest BCUT2D eigenvalue weighted by Gasteiger charge is 2.09. The number of ether oxygens (including phenoxy) is 1. The van der Waals surface area contributed by atoms with Crippen LogP contribution < -0.4 is 15.4 Å². The maximum Gasteiger partial charge on any atom is 0.191 e. The van der Waals surface area contributed by atoms with Crippen LogP contribution in [0.2, 0.25) is 10.0 Å². The molecule has 1 heterocycles. The van der Waals surface area contributed by atoms with Gasteiger partial charge in [0.05, 0.1) is 28.8 Å². The van der Waals surface area contributed by atoms with E-state index < -0.39 is 0 Å². The summed E-state index contributed by atoms with van der Waals surface area (Å²) >= 11 is 12.0. The Morgan fingerprint density at radius 3 is 2.72 bits per heavy atom. The number of aliphatic imine (C=N–C) groups is 1. The van der Waals surface area contributed by atoms with Crippen molar-refractivity contribution in [2.45, 2.75) is 13.0 Å². The minimum absolute atomic E-state index is 0. The molecule has 0 spiro atoms. The molecule has 0 radical (unpaired) electrons. The van der Waals surface area contributed by atoms with E-state index in [0.29, 0.717) is 29.2 Å². The second kappa shape index (κ2) is 11.4. The van der Waals surface area contributed by atoms with Crippen molar-refractivity contribution in [1.29, 1.82) is 0 Å². The highest BCUT2D eigenvalue weighted by molar-refractivity contribution is 14.0. The van der Waals surface area contributed by atoms with Gasteiger partial charge in [0.1, 0.15) is 12.4 Å². The first kappa shape index (κ1) is 21.8. The van der Waals surface area contributed by atoms with Crippen LogP contribution >= 0.6 is 47.2 Å². The molecule has 8 heteroatoms. The number of guanidine groups is 1. The van der Waals surface area contributed by atoms with Crippen LogP contribution in [-0.4, -0.2) is 31.1 Å². The number of benzene rings is 1. The van der Waals surface area contributed by atoms with E-state index in [1.807, 2.05) is 31.2 Å². The van der Waals surface area contributed by atoms with Gasteiger partial charge in [-0.2, -0.15) is 0 Å². The number of aromatic nitrogens is 1. The van der Waals surface area contributed by atoms with Crippen molar-refractivity contribution in [3.63, 3.8) is 0 Å². The van der Waals surface area contributed by atoms with Crippen LogP contribution in [0, 0.1) is 0 Å². The molecular formula is C17H21Cl2IN4O. The molecule has 2 aromatic rings. The highest BCUT2D eigenvalue weighted by atomic mass is 127. The third-order valence-electron chi connectivity index (χ3n) is 3.32. The molecule has 0 bridgehead atoms. The molecule has 136 valence electrons.